The fraction of sp³-hybridized carbons (Fsp3) is 0.200. The molecule has 0 aliphatic heterocycles. The van der Waals surface area contributed by atoms with Crippen LogP contribution < -0.4 is 4.74 Å². The third kappa shape index (κ3) is 2.56. The van der Waals surface area contributed by atoms with E-state index in [1.54, 1.807) is 18.2 Å². The molecule has 13 heavy (non-hydrogen) atoms. The van der Waals surface area contributed by atoms with Gasteiger partial charge in [-0.25, -0.2) is 4.39 Å². The molecule has 3 heteroatoms. The number of halogens is 1. The standard InChI is InChI=1S/C10H11FO2/c1-13-10-7-9(11)5-4-8(10)3-2-6-12/h2-5,7,12H,6H2,1H3. The molecular formula is C10H11FO2. The van der Waals surface area contributed by atoms with Gasteiger partial charge in [0, 0.05) is 11.6 Å². The van der Waals surface area contributed by atoms with E-state index >= 15 is 0 Å². The molecule has 2 nitrogen and oxygen atoms in total. The quantitative estimate of drug-likeness (QED) is 0.772. The molecule has 0 amide bonds. The molecule has 1 aromatic carbocycles. The number of benzene rings is 1. The second-order valence-electron chi connectivity index (χ2n) is 2.47. The Hall–Kier alpha value is -1.35. The summed E-state index contributed by atoms with van der Waals surface area (Å²) in [5.41, 5.74) is 0.748. The number of ether oxygens (including phenoxy) is 1. The first-order chi connectivity index (χ1) is 6.27. The number of methoxy groups -OCH3 is 1. The van der Waals surface area contributed by atoms with Gasteiger partial charge in [-0.05, 0) is 12.1 Å². The molecule has 0 spiro atoms. The van der Waals surface area contributed by atoms with E-state index in [1.807, 2.05) is 0 Å². The predicted molar refractivity (Wildman–Crippen MR) is 49.1 cm³/mol. The van der Waals surface area contributed by atoms with Crippen molar-refractivity contribution in [2.45, 2.75) is 0 Å². The zero-order chi connectivity index (χ0) is 9.68. The van der Waals surface area contributed by atoms with Crippen LogP contribution in [0.4, 0.5) is 4.39 Å². The van der Waals surface area contributed by atoms with Gasteiger partial charge >= 0.3 is 0 Å². The number of aliphatic hydroxyl groups is 1. The lowest BCUT2D eigenvalue weighted by atomic mass is 10.2. The number of rotatable bonds is 3. The van der Waals surface area contributed by atoms with E-state index in [0.29, 0.717) is 5.75 Å². The molecule has 70 valence electrons. The minimum Gasteiger partial charge on any atom is -0.496 e. The van der Waals surface area contributed by atoms with E-state index in [9.17, 15) is 4.39 Å². The lowest BCUT2D eigenvalue weighted by Crippen LogP contribution is -1.88. The monoisotopic (exact) mass is 182 g/mol. The Morgan fingerprint density at radius 1 is 1.54 bits per heavy atom. The maximum absolute atomic E-state index is 12.7. The van der Waals surface area contributed by atoms with E-state index in [2.05, 4.69) is 0 Å². The molecule has 0 bridgehead atoms. The topological polar surface area (TPSA) is 29.5 Å². The Kier molecular flexibility index (Phi) is 3.46. The summed E-state index contributed by atoms with van der Waals surface area (Å²) in [4.78, 5) is 0. The van der Waals surface area contributed by atoms with Gasteiger partial charge in [0.05, 0.1) is 13.7 Å². The molecule has 0 saturated carbocycles. The second-order valence-corrected chi connectivity index (χ2v) is 2.47. The molecule has 0 radical (unpaired) electrons. The molecule has 0 aromatic heterocycles. The molecule has 0 aliphatic carbocycles. The summed E-state index contributed by atoms with van der Waals surface area (Å²) in [7, 11) is 1.48. The molecule has 1 rings (SSSR count). The molecule has 1 N–H and O–H groups in total. The molecule has 0 fully saturated rings. The molecule has 0 unspecified atom stereocenters. The smallest absolute Gasteiger partial charge is 0.128 e. The summed E-state index contributed by atoms with van der Waals surface area (Å²) in [6, 6.07) is 4.25. The Morgan fingerprint density at radius 3 is 2.92 bits per heavy atom. The lowest BCUT2D eigenvalue weighted by Gasteiger charge is -2.03. The van der Waals surface area contributed by atoms with Crippen molar-refractivity contribution in [3.8, 4) is 5.75 Å². The average Bonchev–Trinajstić information content (AvgIpc) is 2.16. The van der Waals surface area contributed by atoms with Crippen LogP contribution in [0.15, 0.2) is 24.3 Å². The van der Waals surface area contributed by atoms with Crippen molar-refractivity contribution in [3.63, 3.8) is 0 Å². The van der Waals surface area contributed by atoms with Crippen LogP contribution >= 0.6 is 0 Å². The van der Waals surface area contributed by atoms with Gasteiger partial charge in [0.1, 0.15) is 11.6 Å². The highest BCUT2D eigenvalue weighted by molar-refractivity contribution is 5.57. The fourth-order valence-corrected chi connectivity index (χ4v) is 1.00. The zero-order valence-electron chi connectivity index (χ0n) is 7.33. The van der Waals surface area contributed by atoms with Crippen molar-refractivity contribution in [1.29, 1.82) is 0 Å². The van der Waals surface area contributed by atoms with Crippen molar-refractivity contribution >= 4 is 6.08 Å². The van der Waals surface area contributed by atoms with E-state index in [-0.39, 0.29) is 12.4 Å². The normalized spacial score (nSPS) is 10.7. The number of hydrogen-bond acceptors (Lipinski definition) is 2. The first kappa shape index (κ1) is 9.74. The van der Waals surface area contributed by atoms with E-state index in [4.69, 9.17) is 9.84 Å². The first-order valence-corrected chi connectivity index (χ1v) is 3.89. The summed E-state index contributed by atoms with van der Waals surface area (Å²) in [5.74, 6) is 0.127. The second kappa shape index (κ2) is 4.62. The van der Waals surface area contributed by atoms with Crippen molar-refractivity contribution in [2.24, 2.45) is 0 Å². The Bertz CT molecular complexity index is 308. The minimum absolute atomic E-state index is 0.0411. The SMILES string of the molecule is COc1cc(F)ccc1C=CCO. The third-order valence-electron chi connectivity index (χ3n) is 1.60. The van der Waals surface area contributed by atoms with E-state index in [1.165, 1.54) is 19.2 Å². The number of aliphatic hydroxyl groups excluding tert-OH is 1. The van der Waals surface area contributed by atoms with Crippen LogP contribution in [0.5, 0.6) is 5.75 Å². The van der Waals surface area contributed by atoms with Crippen LogP contribution in [0.2, 0.25) is 0 Å². The zero-order valence-corrected chi connectivity index (χ0v) is 7.33. The van der Waals surface area contributed by atoms with E-state index < -0.39 is 0 Å². The summed E-state index contributed by atoms with van der Waals surface area (Å²) < 4.78 is 17.7. The van der Waals surface area contributed by atoms with Crippen molar-refractivity contribution in [3.05, 3.63) is 35.7 Å². The lowest BCUT2D eigenvalue weighted by molar-refractivity contribution is 0.343. The van der Waals surface area contributed by atoms with Gasteiger partial charge in [-0.3, -0.25) is 0 Å². The van der Waals surface area contributed by atoms with Crippen LogP contribution in [0.25, 0.3) is 6.08 Å². The van der Waals surface area contributed by atoms with Gasteiger partial charge in [0.15, 0.2) is 0 Å². The van der Waals surface area contributed by atoms with Gasteiger partial charge in [-0.1, -0.05) is 12.2 Å². The summed E-state index contributed by atoms with van der Waals surface area (Å²) >= 11 is 0. The van der Waals surface area contributed by atoms with Crippen LogP contribution in [-0.4, -0.2) is 18.8 Å². The molecule has 0 atom stereocenters. The van der Waals surface area contributed by atoms with Crippen molar-refractivity contribution < 1.29 is 14.2 Å². The maximum Gasteiger partial charge on any atom is 0.128 e. The minimum atomic E-state index is -0.335. The fourth-order valence-electron chi connectivity index (χ4n) is 1.00. The van der Waals surface area contributed by atoms with Gasteiger partial charge in [-0.2, -0.15) is 0 Å². The molecular weight excluding hydrogens is 171 g/mol. The summed E-state index contributed by atoms with van der Waals surface area (Å²) in [6.45, 7) is -0.0411. The van der Waals surface area contributed by atoms with E-state index in [0.717, 1.165) is 5.56 Å². The summed E-state index contributed by atoms with van der Waals surface area (Å²) in [5, 5.41) is 8.54. The number of hydrogen-bond donors (Lipinski definition) is 1. The van der Waals surface area contributed by atoms with Crippen molar-refractivity contribution in [2.75, 3.05) is 13.7 Å². The highest BCUT2D eigenvalue weighted by Crippen LogP contribution is 2.20. The Balaban J connectivity index is 2.99. The summed E-state index contributed by atoms with van der Waals surface area (Å²) in [6.07, 6.45) is 3.24. The average molecular weight is 182 g/mol. The predicted octanol–water partition coefficient (Wildman–Crippen LogP) is 1.84. The molecule has 0 saturated heterocycles. The van der Waals surface area contributed by atoms with Crippen molar-refractivity contribution in [1.82, 2.24) is 0 Å². The Labute approximate surface area is 76.3 Å². The van der Waals surface area contributed by atoms with Gasteiger partial charge < -0.3 is 9.84 Å². The molecule has 1 aromatic rings. The Morgan fingerprint density at radius 2 is 2.31 bits per heavy atom. The largest absolute Gasteiger partial charge is 0.496 e. The maximum atomic E-state index is 12.7. The van der Waals surface area contributed by atoms with Crippen LogP contribution in [0, 0.1) is 5.82 Å². The van der Waals surface area contributed by atoms with Crippen LogP contribution in [0.3, 0.4) is 0 Å². The van der Waals surface area contributed by atoms with Crippen LogP contribution in [-0.2, 0) is 0 Å². The highest BCUT2D eigenvalue weighted by Gasteiger charge is 2.00. The highest BCUT2D eigenvalue weighted by atomic mass is 19.1. The molecule has 0 heterocycles. The van der Waals surface area contributed by atoms with Gasteiger partial charge in [-0.15, -0.1) is 0 Å². The van der Waals surface area contributed by atoms with Crippen LogP contribution in [0.1, 0.15) is 5.56 Å². The first-order valence-electron chi connectivity index (χ1n) is 3.89. The van der Waals surface area contributed by atoms with Gasteiger partial charge in [0.25, 0.3) is 0 Å². The molecule has 0 aliphatic rings. The van der Waals surface area contributed by atoms with Gasteiger partial charge in [0.2, 0.25) is 0 Å². The third-order valence-corrected chi connectivity index (χ3v) is 1.60.